The number of rotatable bonds is 7. The molecule has 1 aromatic carbocycles. The standard InChI is InChI=1S/C16H16ClF3N4O3/c1-23-14(16(18,19)20)22-24(15(23)27)9-8-21-13(26)7-6-12(25)10-2-4-11(17)5-3-10/h2-5H,6-9H2,1H3,(H,21,26). The number of Topliss-reactive ketones (excluding diaryl/α,β-unsaturated/α-hetero) is 1. The maximum absolute atomic E-state index is 12.7. The summed E-state index contributed by atoms with van der Waals surface area (Å²) in [6.07, 6.45) is -4.87. The van der Waals surface area contributed by atoms with Gasteiger partial charge >= 0.3 is 11.9 Å². The van der Waals surface area contributed by atoms with Crippen LogP contribution < -0.4 is 11.0 Å². The van der Waals surface area contributed by atoms with E-state index in [4.69, 9.17) is 11.6 Å². The SMILES string of the molecule is Cn1c(C(F)(F)F)nn(CCNC(=O)CCC(=O)c2ccc(Cl)cc2)c1=O. The van der Waals surface area contributed by atoms with E-state index in [9.17, 15) is 27.6 Å². The molecule has 7 nitrogen and oxygen atoms in total. The monoisotopic (exact) mass is 404 g/mol. The summed E-state index contributed by atoms with van der Waals surface area (Å²) in [7, 11) is 0.968. The molecule has 146 valence electrons. The molecule has 0 saturated carbocycles. The Bertz CT molecular complexity index is 888. The number of aromatic nitrogens is 3. The number of hydrogen-bond acceptors (Lipinski definition) is 4. The average molecular weight is 405 g/mol. The van der Waals surface area contributed by atoms with Crippen LogP contribution in [-0.4, -0.2) is 32.6 Å². The summed E-state index contributed by atoms with van der Waals surface area (Å²) in [5.41, 5.74) is -0.513. The van der Waals surface area contributed by atoms with Crippen molar-refractivity contribution in [3.05, 3.63) is 51.2 Å². The van der Waals surface area contributed by atoms with Crippen molar-refractivity contribution < 1.29 is 22.8 Å². The number of carbonyl (C=O) groups is 2. The maximum atomic E-state index is 12.7. The van der Waals surface area contributed by atoms with Gasteiger partial charge in [0.05, 0.1) is 6.54 Å². The topological polar surface area (TPSA) is 86.0 Å². The van der Waals surface area contributed by atoms with E-state index in [0.717, 1.165) is 7.05 Å². The molecule has 2 rings (SSSR count). The molecule has 0 radical (unpaired) electrons. The molecule has 0 aliphatic rings. The molecular formula is C16H16ClF3N4O3. The molecule has 0 unspecified atom stereocenters. The van der Waals surface area contributed by atoms with E-state index in [1.165, 1.54) is 0 Å². The molecule has 1 aromatic heterocycles. The van der Waals surface area contributed by atoms with Crippen molar-refractivity contribution in [1.29, 1.82) is 0 Å². The lowest BCUT2D eigenvalue weighted by atomic mass is 10.1. The Kier molecular flexibility index (Phi) is 6.42. The first-order valence-corrected chi connectivity index (χ1v) is 8.24. The van der Waals surface area contributed by atoms with Crippen molar-refractivity contribution >= 4 is 23.3 Å². The lowest BCUT2D eigenvalue weighted by Gasteiger charge is -2.05. The molecule has 11 heteroatoms. The second kappa shape index (κ2) is 8.38. The predicted octanol–water partition coefficient (Wildman–Crippen LogP) is 2.03. The Morgan fingerprint density at radius 1 is 1.19 bits per heavy atom. The maximum Gasteiger partial charge on any atom is 0.451 e. The molecule has 0 fully saturated rings. The highest BCUT2D eigenvalue weighted by molar-refractivity contribution is 6.30. The van der Waals surface area contributed by atoms with Crippen LogP contribution in [0.4, 0.5) is 13.2 Å². The molecule has 1 amide bonds. The molecule has 1 N–H and O–H groups in total. The molecule has 2 aromatic rings. The highest BCUT2D eigenvalue weighted by atomic mass is 35.5. The van der Waals surface area contributed by atoms with Crippen molar-refractivity contribution in [1.82, 2.24) is 19.7 Å². The average Bonchev–Trinajstić information content (AvgIpc) is 2.89. The predicted molar refractivity (Wildman–Crippen MR) is 90.5 cm³/mol. The number of carbonyl (C=O) groups excluding carboxylic acids is 2. The van der Waals surface area contributed by atoms with Crippen molar-refractivity contribution in [2.45, 2.75) is 25.6 Å². The first kappa shape index (κ1) is 20.7. The number of nitrogens with one attached hydrogen (secondary N) is 1. The zero-order valence-corrected chi connectivity index (χ0v) is 15.0. The van der Waals surface area contributed by atoms with Gasteiger partial charge in [0.25, 0.3) is 0 Å². The lowest BCUT2D eigenvalue weighted by Crippen LogP contribution is -2.32. The number of halogens is 4. The Morgan fingerprint density at radius 2 is 1.81 bits per heavy atom. The summed E-state index contributed by atoms with van der Waals surface area (Å²) in [6.45, 7) is -0.318. The van der Waals surface area contributed by atoms with Crippen LogP contribution in [-0.2, 0) is 24.6 Å². The van der Waals surface area contributed by atoms with E-state index in [1.54, 1.807) is 24.3 Å². The molecule has 0 aliphatic carbocycles. The quantitative estimate of drug-likeness (QED) is 0.715. The van der Waals surface area contributed by atoms with E-state index in [2.05, 4.69) is 10.4 Å². The van der Waals surface area contributed by atoms with Gasteiger partial charge in [-0.05, 0) is 24.3 Å². The van der Waals surface area contributed by atoms with Gasteiger partial charge in [-0.1, -0.05) is 11.6 Å². The summed E-state index contributed by atoms with van der Waals surface area (Å²) in [4.78, 5) is 35.4. The van der Waals surface area contributed by atoms with E-state index in [0.29, 0.717) is 19.8 Å². The third kappa shape index (κ3) is 5.43. The van der Waals surface area contributed by atoms with Crippen molar-refractivity contribution in [2.75, 3.05) is 6.54 Å². The Labute approximate surface area is 156 Å². The normalized spacial score (nSPS) is 11.4. The number of benzene rings is 1. The van der Waals surface area contributed by atoms with Crippen LogP contribution in [0, 0.1) is 0 Å². The first-order chi connectivity index (χ1) is 12.6. The van der Waals surface area contributed by atoms with Crippen LogP contribution in [0.15, 0.2) is 29.1 Å². The molecule has 0 aliphatic heterocycles. The molecule has 27 heavy (non-hydrogen) atoms. The van der Waals surface area contributed by atoms with E-state index < -0.39 is 23.6 Å². The highest BCUT2D eigenvalue weighted by Gasteiger charge is 2.37. The Hall–Kier alpha value is -2.62. The fraction of sp³-hybridized carbons (Fsp3) is 0.375. The van der Waals surface area contributed by atoms with Crippen molar-refractivity contribution in [2.24, 2.45) is 7.05 Å². The minimum atomic E-state index is -4.75. The van der Waals surface area contributed by atoms with Gasteiger partial charge < -0.3 is 5.32 Å². The first-order valence-electron chi connectivity index (χ1n) is 7.86. The lowest BCUT2D eigenvalue weighted by molar-refractivity contribution is -0.147. The number of amides is 1. The molecule has 1 heterocycles. The zero-order chi connectivity index (χ0) is 20.2. The molecule has 0 spiro atoms. The van der Waals surface area contributed by atoms with Gasteiger partial charge in [0.2, 0.25) is 11.7 Å². The van der Waals surface area contributed by atoms with Gasteiger partial charge in [0, 0.05) is 37.0 Å². The highest BCUT2D eigenvalue weighted by Crippen LogP contribution is 2.25. The Morgan fingerprint density at radius 3 is 2.37 bits per heavy atom. The minimum Gasteiger partial charge on any atom is -0.354 e. The summed E-state index contributed by atoms with van der Waals surface area (Å²) >= 11 is 5.73. The summed E-state index contributed by atoms with van der Waals surface area (Å²) in [5, 5.41) is 6.15. The molecule has 0 saturated heterocycles. The van der Waals surface area contributed by atoms with Crippen LogP contribution >= 0.6 is 11.6 Å². The minimum absolute atomic E-state index is 0.0325. The van der Waals surface area contributed by atoms with Gasteiger partial charge in [-0.3, -0.25) is 14.2 Å². The van der Waals surface area contributed by atoms with Gasteiger partial charge in [0.1, 0.15) is 0 Å². The Balaban J connectivity index is 1.82. The third-order valence-corrected chi connectivity index (χ3v) is 3.94. The number of hydrogen-bond donors (Lipinski definition) is 1. The fourth-order valence-corrected chi connectivity index (χ4v) is 2.40. The van der Waals surface area contributed by atoms with Crippen molar-refractivity contribution in [3.63, 3.8) is 0 Å². The van der Waals surface area contributed by atoms with Gasteiger partial charge in [-0.15, -0.1) is 5.10 Å². The summed E-state index contributed by atoms with van der Waals surface area (Å²) in [5.74, 6) is -2.01. The van der Waals surface area contributed by atoms with E-state index >= 15 is 0 Å². The number of alkyl halides is 3. The smallest absolute Gasteiger partial charge is 0.354 e. The second-order valence-electron chi connectivity index (χ2n) is 5.67. The largest absolute Gasteiger partial charge is 0.451 e. The van der Waals surface area contributed by atoms with Crippen LogP contribution in [0.5, 0.6) is 0 Å². The molecule has 0 atom stereocenters. The van der Waals surface area contributed by atoms with Crippen LogP contribution in [0.3, 0.4) is 0 Å². The van der Waals surface area contributed by atoms with Gasteiger partial charge in [-0.25, -0.2) is 9.48 Å². The van der Waals surface area contributed by atoms with Gasteiger partial charge in [0.15, 0.2) is 5.78 Å². The number of nitrogens with zero attached hydrogens (tertiary/aromatic N) is 3. The third-order valence-electron chi connectivity index (χ3n) is 3.69. The summed E-state index contributed by atoms with van der Waals surface area (Å²) < 4.78 is 39.1. The van der Waals surface area contributed by atoms with Gasteiger partial charge in [-0.2, -0.15) is 13.2 Å². The van der Waals surface area contributed by atoms with Crippen LogP contribution in [0.2, 0.25) is 5.02 Å². The van der Waals surface area contributed by atoms with Crippen LogP contribution in [0.25, 0.3) is 0 Å². The molecular weight excluding hydrogens is 389 g/mol. The fourth-order valence-electron chi connectivity index (χ4n) is 2.28. The van der Waals surface area contributed by atoms with E-state index in [-0.39, 0.29) is 31.7 Å². The number of ketones is 1. The zero-order valence-electron chi connectivity index (χ0n) is 14.2. The molecule has 0 bridgehead atoms. The van der Waals surface area contributed by atoms with E-state index in [1.807, 2.05) is 0 Å². The summed E-state index contributed by atoms with van der Waals surface area (Å²) in [6, 6.07) is 6.23. The van der Waals surface area contributed by atoms with Crippen molar-refractivity contribution in [3.8, 4) is 0 Å². The second-order valence-corrected chi connectivity index (χ2v) is 6.10. The van der Waals surface area contributed by atoms with Crippen LogP contribution in [0.1, 0.15) is 29.0 Å².